The fourth-order valence-corrected chi connectivity index (χ4v) is 2.68. The molecule has 1 rings (SSSR count). The minimum Gasteiger partial charge on any atom is -0.394 e. The normalized spacial score (nSPS) is 20.7. The average molecular weight is 272 g/mol. The van der Waals surface area contributed by atoms with Crippen LogP contribution in [0.15, 0.2) is 0 Å². The molecule has 4 nitrogen and oxygen atoms in total. The zero-order chi connectivity index (χ0) is 14.1. The molecule has 0 bridgehead atoms. The van der Waals surface area contributed by atoms with Crippen molar-refractivity contribution in [1.29, 1.82) is 0 Å². The highest BCUT2D eigenvalue weighted by Gasteiger charge is 2.23. The quantitative estimate of drug-likeness (QED) is 0.669. The summed E-state index contributed by atoms with van der Waals surface area (Å²) in [6, 6.07) is 0.678. The topological polar surface area (TPSA) is 44.7 Å². The number of nitrogens with zero attached hydrogens (tertiary/aromatic N) is 1. The van der Waals surface area contributed by atoms with Crippen molar-refractivity contribution in [2.45, 2.75) is 57.5 Å². The van der Waals surface area contributed by atoms with E-state index >= 15 is 0 Å². The first-order valence-electron chi connectivity index (χ1n) is 7.75. The predicted octanol–water partition coefficient (Wildman–Crippen LogP) is 1.63. The van der Waals surface area contributed by atoms with Crippen molar-refractivity contribution in [2.75, 3.05) is 40.0 Å². The summed E-state index contributed by atoms with van der Waals surface area (Å²) in [5, 5.41) is 13.0. The van der Waals surface area contributed by atoms with E-state index in [9.17, 15) is 5.11 Å². The molecule has 1 fully saturated rings. The summed E-state index contributed by atoms with van der Waals surface area (Å²) >= 11 is 0. The van der Waals surface area contributed by atoms with Gasteiger partial charge in [-0.3, -0.25) is 0 Å². The molecule has 0 radical (unpaired) electrons. The van der Waals surface area contributed by atoms with E-state index in [1.54, 1.807) is 0 Å². The van der Waals surface area contributed by atoms with Crippen molar-refractivity contribution in [3.63, 3.8) is 0 Å². The van der Waals surface area contributed by atoms with Crippen molar-refractivity contribution in [1.82, 2.24) is 10.2 Å². The molecule has 19 heavy (non-hydrogen) atoms. The summed E-state index contributed by atoms with van der Waals surface area (Å²) in [5.41, 5.74) is -0.119. The van der Waals surface area contributed by atoms with E-state index in [-0.39, 0.29) is 12.1 Å². The van der Waals surface area contributed by atoms with Crippen LogP contribution < -0.4 is 5.32 Å². The number of rotatable bonds is 9. The van der Waals surface area contributed by atoms with Crippen LogP contribution in [0.5, 0.6) is 0 Å². The van der Waals surface area contributed by atoms with E-state index in [0.29, 0.717) is 6.04 Å². The van der Waals surface area contributed by atoms with Crippen molar-refractivity contribution in [2.24, 2.45) is 0 Å². The predicted molar refractivity (Wildman–Crippen MR) is 79.5 cm³/mol. The van der Waals surface area contributed by atoms with Crippen LogP contribution in [0.3, 0.4) is 0 Å². The summed E-state index contributed by atoms with van der Waals surface area (Å²) in [6.45, 7) is 8.39. The maximum absolute atomic E-state index is 9.53. The van der Waals surface area contributed by atoms with Crippen LogP contribution in [0, 0.1) is 0 Å². The first-order valence-corrected chi connectivity index (χ1v) is 7.75. The first-order chi connectivity index (χ1) is 9.11. The van der Waals surface area contributed by atoms with Gasteiger partial charge in [-0.1, -0.05) is 6.92 Å². The molecular formula is C15H32N2O2. The van der Waals surface area contributed by atoms with Crippen molar-refractivity contribution < 1.29 is 9.84 Å². The minimum absolute atomic E-state index is 0.119. The van der Waals surface area contributed by atoms with Gasteiger partial charge in [0.2, 0.25) is 0 Å². The lowest BCUT2D eigenvalue weighted by Gasteiger charge is -2.33. The molecule has 0 aliphatic carbocycles. The highest BCUT2D eigenvalue weighted by atomic mass is 16.5. The number of ether oxygens (including phenoxy) is 1. The fraction of sp³-hybridized carbons (Fsp3) is 1.00. The molecule has 1 heterocycles. The molecular weight excluding hydrogens is 240 g/mol. The van der Waals surface area contributed by atoms with E-state index in [4.69, 9.17) is 4.74 Å². The van der Waals surface area contributed by atoms with Gasteiger partial charge in [0.05, 0.1) is 6.61 Å². The molecule has 4 heteroatoms. The second kappa shape index (κ2) is 8.90. The van der Waals surface area contributed by atoms with Crippen molar-refractivity contribution in [3.05, 3.63) is 0 Å². The number of aliphatic hydroxyl groups excluding tert-OH is 1. The van der Waals surface area contributed by atoms with Gasteiger partial charge in [0.25, 0.3) is 0 Å². The Kier molecular flexibility index (Phi) is 7.91. The molecule has 114 valence electrons. The smallest absolute Gasteiger partial charge is 0.0610 e. The zero-order valence-electron chi connectivity index (χ0n) is 13.0. The molecule has 1 aliphatic heterocycles. The van der Waals surface area contributed by atoms with Gasteiger partial charge < -0.3 is 20.1 Å². The van der Waals surface area contributed by atoms with Crippen molar-refractivity contribution in [3.8, 4) is 0 Å². The number of aliphatic hydroxyl groups is 1. The van der Waals surface area contributed by atoms with Crippen molar-refractivity contribution >= 4 is 0 Å². The summed E-state index contributed by atoms with van der Waals surface area (Å²) in [6.07, 6.45) is 5.57. The van der Waals surface area contributed by atoms with E-state index in [1.807, 2.05) is 0 Å². The molecule has 0 amide bonds. The molecule has 0 aromatic carbocycles. The number of nitrogens with one attached hydrogen (secondary N) is 1. The Balaban J connectivity index is 2.23. The average Bonchev–Trinajstić information content (AvgIpc) is 2.46. The molecule has 2 N–H and O–H groups in total. The molecule has 0 aromatic rings. The molecule has 1 saturated heterocycles. The third-order valence-corrected chi connectivity index (χ3v) is 4.20. The van der Waals surface area contributed by atoms with E-state index < -0.39 is 0 Å². The summed E-state index contributed by atoms with van der Waals surface area (Å²) in [5.74, 6) is 0. The summed E-state index contributed by atoms with van der Waals surface area (Å²) in [4.78, 5) is 2.46. The van der Waals surface area contributed by atoms with E-state index in [0.717, 1.165) is 58.4 Å². The Bertz CT molecular complexity index is 232. The second-order valence-electron chi connectivity index (χ2n) is 6.07. The van der Waals surface area contributed by atoms with E-state index in [2.05, 4.69) is 31.1 Å². The third-order valence-electron chi connectivity index (χ3n) is 4.20. The summed E-state index contributed by atoms with van der Waals surface area (Å²) in [7, 11) is 2.21. The van der Waals surface area contributed by atoms with Crippen LogP contribution in [0.1, 0.15) is 46.0 Å². The van der Waals surface area contributed by atoms with Crippen LogP contribution in [0.25, 0.3) is 0 Å². The van der Waals surface area contributed by atoms with Gasteiger partial charge in [-0.15, -0.1) is 0 Å². The van der Waals surface area contributed by atoms with Gasteiger partial charge in [0.15, 0.2) is 0 Å². The van der Waals surface area contributed by atoms with Gasteiger partial charge in [0, 0.05) is 24.8 Å². The van der Waals surface area contributed by atoms with Crippen LogP contribution >= 0.6 is 0 Å². The van der Waals surface area contributed by atoms with Crippen LogP contribution in [-0.2, 0) is 4.74 Å². The lowest BCUT2D eigenvalue weighted by atomic mass is 9.96. The Hall–Kier alpha value is -0.160. The molecule has 1 unspecified atom stereocenters. The Morgan fingerprint density at radius 1 is 1.37 bits per heavy atom. The molecule has 1 atom stereocenters. The van der Waals surface area contributed by atoms with Crippen LogP contribution in [0.4, 0.5) is 0 Å². The Morgan fingerprint density at radius 3 is 2.63 bits per heavy atom. The van der Waals surface area contributed by atoms with E-state index in [1.165, 1.54) is 0 Å². The standard InChI is InChI=1S/C15H32N2O2/c1-4-9-16-15(2,13-18)8-5-10-17(3)14-6-11-19-12-7-14/h14,16,18H,4-13H2,1-3H3. The lowest BCUT2D eigenvalue weighted by Crippen LogP contribution is -2.46. The highest BCUT2D eigenvalue weighted by molar-refractivity contribution is 4.82. The lowest BCUT2D eigenvalue weighted by molar-refractivity contribution is 0.0414. The first kappa shape index (κ1) is 16.9. The SMILES string of the molecule is CCCNC(C)(CO)CCCN(C)C1CCOCC1. The zero-order valence-corrected chi connectivity index (χ0v) is 13.0. The van der Waals surface area contributed by atoms with Gasteiger partial charge in [-0.2, -0.15) is 0 Å². The Morgan fingerprint density at radius 2 is 2.05 bits per heavy atom. The fourth-order valence-electron chi connectivity index (χ4n) is 2.68. The summed E-state index contributed by atoms with van der Waals surface area (Å²) < 4.78 is 5.40. The van der Waals surface area contributed by atoms with Gasteiger partial charge >= 0.3 is 0 Å². The maximum Gasteiger partial charge on any atom is 0.0610 e. The highest BCUT2D eigenvalue weighted by Crippen LogP contribution is 2.16. The molecule has 1 aliphatic rings. The van der Waals surface area contributed by atoms with Gasteiger partial charge in [-0.05, 0) is 59.2 Å². The molecule has 0 aromatic heterocycles. The second-order valence-corrected chi connectivity index (χ2v) is 6.07. The van der Waals surface area contributed by atoms with Crippen LogP contribution in [-0.4, -0.2) is 61.5 Å². The molecule has 0 spiro atoms. The Labute approximate surface area is 118 Å². The number of hydrogen-bond acceptors (Lipinski definition) is 4. The largest absolute Gasteiger partial charge is 0.394 e. The monoisotopic (exact) mass is 272 g/mol. The van der Waals surface area contributed by atoms with Crippen LogP contribution in [0.2, 0.25) is 0 Å². The van der Waals surface area contributed by atoms with Gasteiger partial charge in [0.1, 0.15) is 0 Å². The number of hydrogen-bond donors (Lipinski definition) is 2. The molecule has 0 saturated carbocycles. The minimum atomic E-state index is -0.119. The van der Waals surface area contributed by atoms with Gasteiger partial charge in [-0.25, -0.2) is 0 Å². The maximum atomic E-state index is 9.53. The third kappa shape index (κ3) is 6.21.